The van der Waals surface area contributed by atoms with Crippen molar-refractivity contribution in [1.82, 2.24) is 25.0 Å². The van der Waals surface area contributed by atoms with Gasteiger partial charge in [-0.25, -0.2) is 4.79 Å². The van der Waals surface area contributed by atoms with Crippen LogP contribution in [0, 0.1) is 5.92 Å². The number of alkyl carbamates (subject to hydrolysis) is 1. The van der Waals surface area contributed by atoms with E-state index in [-0.39, 0.29) is 42.1 Å². The highest BCUT2D eigenvalue weighted by Gasteiger charge is 2.39. The van der Waals surface area contributed by atoms with Gasteiger partial charge in [-0.1, -0.05) is 84.9 Å². The Labute approximate surface area is 349 Å². The van der Waals surface area contributed by atoms with E-state index in [0.717, 1.165) is 52.3 Å². The molecule has 12 heteroatoms. The molecule has 5 aromatic rings. The van der Waals surface area contributed by atoms with E-state index in [0.29, 0.717) is 55.8 Å². The first-order chi connectivity index (χ1) is 29.1. The van der Waals surface area contributed by atoms with Gasteiger partial charge in [0.15, 0.2) is 11.6 Å². The Morgan fingerprint density at radius 2 is 1.10 bits per heavy atom. The summed E-state index contributed by atoms with van der Waals surface area (Å²) in [5, 5.41) is 7.59. The van der Waals surface area contributed by atoms with E-state index in [1.807, 2.05) is 48.5 Å². The van der Waals surface area contributed by atoms with Crippen molar-refractivity contribution in [2.75, 3.05) is 20.2 Å². The summed E-state index contributed by atoms with van der Waals surface area (Å²) >= 11 is 0. The molecule has 2 N–H and O–H groups in total. The standard InChI is InChI=1S/C48H51N5O7/c1-30(54)49-44(34-11-5-3-6-12-34)46(57)51-23-9-15-38(51)42(55)27-32-19-21-36-37-22-20-33(26-41(37)53(40(36)25-32)29-31-17-18-31)28-43(56)39-16-10-24-52(39)47(58)45(50-48(59)60-2)35-13-7-4-8-14-35/h3-8,11-14,19-22,25-26,31,38-39,44-45H,9-10,15-18,23-24,27-29H2,1-2H3,(H,49,54)(H,50,59)/t38-,39-,44+,45+/m0/s1. The third kappa shape index (κ3) is 8.55. The Balaban J connectivity index is 1.02. The highest BCUT2D eigenvalue weighted by Crippen LogP contribution is 2.37. The normalized spacial score (nSPS) is 18.6. The predicted molar refractivity (Wildman–Crippen MR) is 227 cm³/mol. The number of hydrogen-bond acceptors (Lipinski definition) is 7. The Morgan fingerprint density at radius 3 is 1.53 bits per heavy atom. The number of fused-ring (bicyclic) bond motifs is 3. The van der Waals surface area contributed by atoms with Gasteiger partial charge in [0.05, 0.1) is 19.2 Å². The minimum absolute atomic E-state index is 0.0314. The zero-order valence-electron chi connectivity index (χ0n) is 34.1. The molecule has 1 aromatic heterocycles. The Bertz CT molecular complexity index is 2440. The summed E-state index contributed by atoms with van der Waals surface area (Å²) in [5.74, 6) is -0.471. The van der Waals surface area contributed by atoms with Crippen molar-refractivity contribution in [2.45, 2.75) is 89.0 Å². The quantitative estimate of drug-likeness (QED) is 0.132. The molecule has 3 heterocycles. The molecule has 60 heavy (non-hydrogen) atoms. The van der Waals surface area contributed by atoms with Gasteiger partial charge in [0.1, 0.15) is 12.1 Å². The van der Waals surface area contributed by atoms with Crippen LogP contribution < -0.4 is 10.6 Å². The number of nitrogens with zero attached hydrogens (tertiary/aromatic N) is 3. The van der Waals surface area contributed by atoms with Gasteiger partial charge in [-0.15, -0.1) is 0 Å². The minimum Gasteiger partial charge on any atom is -0.453 e. The first-order valence-electron chi connectivity index (χ1n) is 21.0. The SMILES string of the molecule is COC(=O)N[C@@H](C(=O)N1CCC[C@H]1C(=O)Cc1ccc2c3ccc(CC(=O)[C@@H]4CCCN4C(=O)[C@H](NC(C)=O)c4ccccc4)cc3n(CC3CC3)c2c1)c1ccccc1. The van der Waals surface area contributed by atoms with Gasteiger partial charge in [-0.3, -0.25) is 24.0 Å². The molecule has 2 saturated heterocycles. The Morgan fingerprint density at radius 1 is 0.633 bits per heavy atom. The number of hydrogen-bond donors (Lipinski definition) is 2. The average molecular weight is 810 g/mol. The van der Waals surface area contributed by atoms with Crippen molar-refractivity contribution in [2.24, 2.45) is 5.92 Å². The number of likely N-dealkylation sites (tertiary alicyclic amines) is 2. The topological polar surface area (TPSA) is 147 Å². The van der Waals surface area contributed by atoms with Gasteiger partial charge in [-0.2, -0.15) is 0 Å². The third-order valence-electron chi connectivity index (χ3n) is 12.3. The third-order valence-corrected chi connectivity index (χ3v) is 12.3. The number of benzene rings is 4. The van der Waals surface area contributed by atoms with Crippen LogP contribution in [0.3, 0.4) is 0 Å². The van der Waals surface area contributed by atoms with E-state index < -0.39 is 30.3 Å². The van der Waals surface area contributed by atoms with E-state index in [2.05, 4.69) is 39.5 Å². The lowest BCUT2D eigenvalue weighted by Gasteiger charge is -2.28. The molecule has 8 rings (SSSR count). The lowest BCUT2D eigenvalue weighted by atomic mass is 9.98. The monoisotopic (exact) mass is 809 g/mol. The van der Waals surface area contributed by atoms with Gasteiger partial charge in [-0.05, 0) is 78.8 Å². The van der Waals surface area contributed by atoms with Crippen LogP contribution in [0.1, 0.15) is 79.8 Å². The van der Waals surface area contributed by atoms with E-state index in [1.54, 1.807) is 34.1 Å². The maximum Gasteiger partial charge on any atom is 0.407 e. The molecule has 3 aliphatic rings. The van der Waals surface area contributed by atoms with Gasteiger partial charge < -0.3 is 29.7 Å². The molecule has 1 aliphatic carbocycles. The molecule has 1 saturated carbocycles. The van der Waals surface area contributed by atoms with Crippen molar-refractivity contribution in [1.29, 1.82) is 0 Å². The molecule has 12 nitrogen and oxygen atoms in total. The summed E-state index contributed by atoms with van der Waals surface area (Å²) in [6, 6.07) is 27.4. The number of nitrogens with one attached hydrogen (secondary N) is 2. The molecule has 4 aromatic carbocycles. The van der Waals surface area contributed by atoms with Crippen LogP contribution in [-0.2, 0) is 48.1 Å². The largest absolute Gasteiger partial charge is 0.453 e. The fraction of sp³-hybridized carbons (Fsp3) is 0.375. The smallest absolute Gasteiger partial charge is 0.407 e. The lowest BCUT2D eigenvalue weighted by Crippen LogP contribution is -2.47. The second kappa shape index (κ2) is 17.5. The predicted octanol–water partition coefficient (Wildman–Crippen LogP) is 6.38. The minimum atomic E-state index is -0.983. The van der Waals surface area contributed by atoms with Crippen LogP contribution in [0.4, 0.5) is 4.79 Å². The van der Waals surface area contributed by atoms with E-state index in [4.69, 9.17) is 4.74 Å². The van der Waals surface area contributed by atoms with E-state index in [9.17, 15) is 28.8 Å². The van der Waals surface area contributed by atoms with Gasteiger partial charge in [0, 0.05) is 61.2 Å². The number of methoxy groups -OCH3 is 1. The van der Waals surface area contributed by atoms with Crippen LogP contribution >= 0.6 is 0 Å². The Hall–Kier alpha value is -6.30. The molecule has 0 bridgehead atoms. The van der Waals surface area contributed by atoms with Crippen molar-refractivity contribution in [3.8, 4) is 0 Å². The molecule has 2 aliphatic heterocycles. The molecular weight excluding hydrogens is 759 g/mol. The maximum atomic E-state index is 14.0. The average Bonchev–Trinajstić information content (AvgIpc) is 3.59. The van der Waals surface area contributed by atoms with E-state index in [1.165, 1.54) is 14.0 Å². The first-order valence-corrected chi connectivity index (χ1v) is 21.0. The first kappa shape index (κ1) is 40.5. The number of aromatic nitrogens is 1. The Kier molecular flexibility index (Phi) is 11.8. The van der Waals surface area contributed by atoms with Crippen LogP contribution in [-0.4, -0.2) is 82.0 Å². The van der Waals surface area contributed by atoms with Crippen LogP contribution in [0.5, 0.6) is 0 Å². The number of amides is 4. The van der Waals surface area contributed by atoms with E-state index >= 15 is 0 Å². The molecule has 3 fully saturated rings. The number of carbonyl (C=O) groups is 6. The summed E-state index contributed by atoms with van der Waals surface area (Å²) in [7, 11) is 1.25. The molecule has 0 spiro atoms. The summed E-state index contributed by atoms with van der Waals surface area (Å²) in [6.45, 7) is 3.08. The maximum absolute atomic E-state index is 14.0. The number of rotatable bonds is 14. The lowest BCUT2D eigenvalue weighted by molar-refractivity contribution is -0.140. The zero-order valence-corrected chi connectivity index (χ0v) is 34.1. The summed E-state index contributed by atoms with van der Waals surface area (Å²) in [5.41, 5.74) is 5.05. The molecule has 310 valence electrons. The van der Waals surface area contributed by atoms with Crippen molar-refractivity contribution >= 4 is 57.2 Å². The fourth-order valence-electron chi connectivity index (χ4n) is 9.11. The fourth-order valence-corrected chi connectivity index (χ4v) is 9.11. The van der Waals surface area contributed by atoms with Crippen LogP contribution in [0.2, 0.25) is 0 Å². The van der Waals surface area contributed by atoms with Gasteiger partial charge >= 0.3 is 6.09 Å². The zero-order chi connectivity index (χ0) is 41.9. The molecule has 0 radical (unpaired) electrons. The highest BCUT2D eigenvalue weighted by molar-refractivity contribution is 6.09. The number of carbonyl (C=O) groups excluding carboxylic acids is 6. The number of Topliss-reactive ketones (excluding diaryl/α,β-unsaturated/α-hetero) is 2. The summed E-state index contributed by atoms with van der Waals surface area (Å²) < 4.78 is 7.14. The summed E-state index contributed by atoms with van der Waals surface area (Å²) in [6.07, 6.45) is 4.39. The highest BCUT2D eigenvalue weighted by atomic mass is 16.5. The summed E-state index contributed by atoms with van der Waals surface area (Å²) in [4.78, 5) is 83.6. The molecule has 4 amide bonds. The molecular formula is C48H51N5O7. The van der Waals surface area contributed by atoms with Gasteiger partial charge in [0.2, 0.25) is 11.8 Å². The second-order valence-electron chi connectivity index (χ2n) is 16.4. The van der Waals surface area contributed by atoms with Crippen molar-refractivity contribution < 1.29 is 33.5 Å². The molecule has 0 unspecified atom stereocenters. The number of ketones is 2. The van der Waals surface area contributed by atoms with Crippen LogP contribution in [0.25, 0.3) is 21.8 Å². The van der Waals surface area contributed by atoms with Crippen LogP contribution in [0.15, 0.2) is 97.1 Å². The van der Waals surface area contributed by atoms with Gasteiger partial charge in [0.25, 0.3) is 5.91 Å². The van der Waals surface area contributed by atoms with Crippen molar-refractivity contribution in [3.63, 3.8) is 0 Å². The van der Waals surface area contributed by atoms with Crippen molar-refractivity contribution in [3.05, 3.63) is 119 Å². The second-order valence-corrected chi connectivity index (χ2v) is 16.4. The number of ether oxygens (including phenoxy) is 1. The molecule has 4 atom stereocenters.